The Kier molecular flexibility index (Phi) is 7.84. The average molecular weight is 526 g/mol. The highest BCUT2D eigenvalue weighted by atomic mass is 79.9. The summed E-state index contributed by atoms with van der Waals surface area (Å²) in [5.74, 6) is 2.73. The van der Waals surface area contributed by atoms with E-state index in [0.29, 0.717) is 24.1 Å². The van der Waals surface area contributed by atoms with Gasteiger partial charge in [-0.2, -0.15) is 4.98 Å². The molecule has 0 bridgehead atoms. The number of amides is 1. The van der Waals surface area contributed by atoms with Crippen molar-refractivity contribution in [3.8, 4) is 0 Å². The third-order valence-corrected chi connectivity index (χ3v) is 6.70. The zero-order valence-corrected chi connectivity index (χ0v) is 21.4. The van der Waals surface area contributed by atoms with Gasteiger partial charge in [-0.15, -0.1) is 0 Å². The smallest absolute Gasteiger partial charge is 0.229 e. The monoisotopic (exact) mass is 525 g/mol. The number of allylic oxidation sites excluding steroid dienone is 2. The van der Waals surface area contributed by atoms with Crippen LogP contribution >= 0.6 is 15.9 Å². The molecule has 1 aromatic carbocycles. The van der Waals surface area contributed by atoms with Gasteiger partial charge < -0.3 is 25.8 Å². The predicted molar refractivity (Wildman–Crippen MR) is 140 cm³/mol. The molecule has 2 heterocycles. The molecule has 0 unspecified atom stereocenters. The standard InChI is InChI=1S/C25H32BrN7O/c1-17(19-6-7-19)14-22(27-2)30-24-21(26)16-28-25(31-24)29-20-8-4-18(5-9-20)15-23(34)33-12-10-32(3)11-13-33/h4-5,8-9,14,16,19,27H,1,6-7,10-13,15H2,2-3H3,(H2,28,29,30,31)/b22-14+. The van der Waals surface area contributed by atoms with Gasteiger partial charge in [0.2, 0.25) is 11.9 Å². The second-order valence-electron chi connectivity index (χ2n) is 8.86. The highest BCUT2D eigenvalue weighted by Gasteiger charge is 2.23. The first-order valence-corrected chi connectivity index (χ1v) is 12.4. The van der Waals surface area contributed by atoms with Gasteiger partial charge in [-0.3, -0.25) is 4.79 Å². The van der Waals surface area contributed by atoms with Gasteiger partial charge in [-0.05, 0) is 71.1 Å². The van der Waals surface area contributed by atoms with Gasteiger partial charge in [0.15, 0.2) is 5.82 Å². The summed E-state index contributed by atoms with van der Waals surface area (Å²) in [5.41, 5.74) is 2.97. The molecule has 2 aromatic rings. The number of nitrogens with zero attached hydrogens (tertiary/aromatic N) is 4. The summed E-state index contributed by atoms with van der Waals surface area (Å²) in [7, 11) is 3.95. The molecular weight excluding hydrogens is 494 g/mol. The molecule has 8 nitrogen and oxygen atoms in total. The molecular formula is C25H32BrN7O. The number of likely N-dealkylation sites (N-methyl/N-ethyl adjacent to an activating group) is 1. The number of halogens is 1. The van der Waals surface area contributed by atoms with Crippen LogP contribution in [0, 0.1) is 5.92 Å². The van der Waals surface area contributed by atoms with Gasteiger partial charge >= 0.3 is 0 Å². The van der Waals surface area contributed by atoms with Crippen molar-refractivity contribution in [3.63, 3.8) is 0 Å². The summed E-state index contributed by atoms with van der Waals surface area (Å²) in [6, 6.07) is 7.84. The molecule has 0 spiro atoms. The van der Waals surface area contributed by atoms with Crippen molar-refractivity contribution < 1.29 is 4.79 Å². The lowest BCUT2D eigenvalue weighted by Crippen LogP contribution is -2.47. The van der Waals surface area contributed by atoms with Crippen LogP contribution < -0.4 is 16.0 Å². The lowest BCUT2D eigenvalue weighted by molar-refractivity contribution is -0.132. The minimum atomic E-state index is 0.179. The van der Waals surface area contributed by atoms with Crippen LogP contribution in [0.25, 0.3) is 0 Å². The molecule has 34 heavy (non-hydrogen) atoms. The molecule has 1 aliphatic carbocycles. The molecule has 0 atom stereocenters. The summed E-state index contributed by atoms with van der Waals surface area (Å²) >= 11 is 3.52. The molecule has 1 amide bonds. The van der Waals surface area contributed by atoms with Crippen molar-refractivity contribution in [2.24, 2.45) is 5.92 Å². The number of aromatic nitrogens is 2. The number of hydrogen-bond acceptors (Lipinski definition) is 7. The number of benzene rings is 1. The molecule has 9 heteroatoms. The Morgan fingerprint density at radius 3 is 2.56 bits per heavy atom. The lowest BCUT2D eigenvalue weighted by atomic mass is 10.1. The van der Waals surface area contributed by atoms with E-state index in [1.165, 1.54) is 12.8 Å². The topological polar surface area (TPSA) is 85.4 Å². The van der Waals surface area contributed by atoms with Gasteiger partial charge in [0, 0.05) is 45.1 Å². The molecule has 2 fully saturated rings. The molecule has 180 valence electrons. The first-order valence-electron chi connectivity index (χ1n) is 11.6. The molecule has 1 aromatic heterocycles. The first kappa shape index (κ1) is 24.2. The van der Waals surface area contributed by atoms with Crippen molar-refractivity contribution in [3.05, 3.63) is 64.5 Å². The maximum atomic E-state index is 12.6. The molecule has 4 rings (SSSR count). The van der Waals surface area contributed by atoms with Crippen molar-refractivity contribution >= 4 is 39.3 Å². The summed E-state index contributed by atoms with van der Waals surface area (Å²) in [4.78, 5) is 25.8. The van der Waals surface area contributed by atoms with Crippen LogP contribution in [0.1, 0.15) is 18.4 Å². The van der Waals surface area contributed by atoms with E-state index in [9.17, 15) is 4.79 Å². The van der Waals surface area contributed by atoms with Crippen LogP contribution in [-0.2, 0) is 11.2 Å². The van der Waals surface area contributed by atoms with E-state index in [2.05, 4.69) is 60.4 Å². The fourth-order valence-electron chi connectivity index (χ4n) is 3.75. The fraction of sp³-hybridized carbons (Fsp3) is 0.400. The van der Waals surface area contributed by atoms with Crippen LogP contribution in [0.15, 0.2) is 59.0 Å². The summed E-state index contributed by atoms with van der Waals surface area (Å²) < 4.78 is 0.758. The Morgan fingerprint density at radius 1 is 1.21 bits per heavy atom. The maximum absolute atomic E-state index is 12.6. The molecule has 2 aliphatic rings. The van der Waals surface area contributed by atoms with E-state index in [0.717, 1.165) is 53.3 Å². The van der Waals surface area contributed by atoms with Gasteiger partial charge in [0.1, 0.15) is 5.82 Å². The Labute approximate surface area is 209 Å². The van der Waals surface area contributed by atoms with E-state index in [4.69, 9.17) is 0 Å². The van der Waals surface area contributed by atoms with Crippen LogP contribution in [0.3, 0.4) is 0 Å². The normalized spacial score (nSPS) is 16.8. The number of carbonyl (C=O) groups excluding carboxylic acids is 1. The predicted octanol–water partition coefficient (Wildman–Crippen LogP) is 3.74. The van der Waals surface area contributed by atoms with E-state index >= 15 is 0 Å². The van der Waals surface area contributed by atoms with Crippen LogP contribution in [0.2, 0.25) is 0 Å². The number of hydrogen-bond donors (Lipinski definition) is 3. The van der Waals surface area contributed by atoms with E-state index in [1.807, 2.05) is 42.3 Å². The van der Waals surface area contributed by atoms with Crippen molar-refractivity contribution in [1.82, 2.24) is 25.1 Å². The van der Waals surface area contributed by atoms with Crippen LogP contribution in [0.4, 0.5) is 17.5 Å². The Bertz CT molecular complexity index is 1060. The SMILES string of the molecule is C=C(/C=C(\NC)Nc1nc(Nc2ccc(CC(=O)N3CCN(C)CC3)cc2)ncc1Br)C1CC1. The average Bonchev–Trinajstić information content (AvgIpc) is 3.68. The Morgan fingerprint density at radius 2 is 1.91 bits per heavy atom. The zero-order chi connectivity index (χ0) is 24.1. The van der Waals surface area contributed by atoms with E-state index in [1.54, 1.807) is 6.20 Å². The van der Waals surface area contributed by atoms with E-state index < -0.39 is 0 Å². The van der Waals surface area contributed by atoms with Crippen molar-refractivity contribution in [2.75, 3.05) is 50.9 Å². The number of piperazine rings is 1. The highest BCUT2D eigenvalue weighted by Crippen LogP contribution is 2.36. The molecule has 1 saturated heterocycles. The van der Waals surface area contributed by atoms with Crippen molar-refractivity contribution in [1.29, 1.82) is 0 Å². The van der Waals surface area contributed by atoms with Crippen molar-refractivity contribution in [2.45, 2.75) is 19.3 Å². The number of rotatable bonds is 9. The second-order valence-corrected chi connectivity index (χ2v) is 9.71. The molecule has 1 saturated carbocycles. The largest absolute Gasteiger partial charge is 0.375 e. The third-order valence-electron chi connectivity index (χ3n) is 6.12. The summed E-state index contributed by atoms with van der Waals surface area (Å²) in [6.07, 6.45) is 6.57. The quantitative estimate of drug-likeness (QED) is 0.430. The van der Waals surface area contributed by atoms with Gasteiger partial charge in [0.05, 0.1) is 10.9 Å². The molecule has 0 radical (unpaired) electrons. The van der Waals surface area contributed by atoms with Gasteiger partial charge in [-0.25, -0.2) is 4.98 Å². The molecule has 3 N–H and O–H groups in total. The maximum Gasteiger partial charge on any atom is 0.229 e. The van der Waals surface area contributed by atoms with Crippen LogP contribution in [0.5, 0.6) is 0 Å². The van der Waals surface area contributed by atoms with Gasteiger partial charge in [0.25, 0.3) is 0 Å². The lowest BCUT2D eigenvalue weighted by Gasteiger charge is -2.32. The highest BCUT2D eigenvalue weighted by molar-refractivity contribution is 9.10. The third kappa shape index (κ3) is 6.57. The first-order chi connectivity index (χ1) is 16.4. The Hall–Kier alpha value is -2.91. The minimum absolute atomic E-state index is 0.179. The minimum Gasteiger partial charge on any atom is -0.375 e. The molecule has 1 aliphatic heterocycles. The fourth-order valence-corrected chi connectivity index (χ4v) is 4.04. The summed E-state index contributed by atoms with van der Waals surface area (Å²) in [6.45, 7) is 7.61. The van der Waals surface area contributed by atoms with Gasteiger partial charge in [-0.1, -0.05) is 18.7 Å². The zero-order valence-electron chi connectivity index (χ0n) is 19.8. The summed E-state index contributed by atoms with van der Waals surface area (Å²) in [5, 5.41) is 9.71. The van der Waals surface area contributed by atoms with Crippen LogP contribution in [-0.4, -0.2) is 65.9 Å². The van der Waals surface area contributed by atoms with E-state index in [-0.39, 0.29) is 5.91 Å². The number of nitrogens with one attached hydrogen (secondary N) is 3. The Balaban J connectivity index is 1.37. The number of anilines is 3. The number of carbonyl (C=O) groups is 1. The second kappa shape index (κ2) is 11.0.